The third-order valence-corrected chi connectivity index (χ3v) is 2.50. The molecule has 1 nitrogen and oxygen atoms in total. The highest BCUT2D eigenvalue weighted by Gasteiger charge is 1.93. The van der Waals surface area contributed by atoms with Crippen molar-refractivity contribution in [2.45, 2.75) is 0 Å². The normalized spacial score (nSPS) is 10.2. The highest BCUT2D eigenvalue weighted by atomic mass is 28.2. The van der Waals surface area contributed by atoms with Gasteiger partial charge in [0.1, 0.15) is 0 Å². The molecule has 2 rings (SSSR count). The topological polar surface area (TPSA) is 4.93 Å². The molecule has 1 radical (unpaired) electrons. The van der Waals surface area contributed by atoms with E-state index in [1.54, 1.807) is 0 Å². The Bertz CT molecular complexity index is 389. The second-order valence-corrected chi connectivity index (χ2v) is 3.20. The first-order valence-electron chi connectivity index (χ1n) is 3.51. The molecule has 0 fully saturated rings. The maximum absolute atomic E-state index is 3.87. The Kier molecular flexibility index (Phi) is 1.47. The molecular weight excluding hydrogens is 150 g/mol. The van der Waals surface area contributed by atoms with Crippen LogP contribution < -0.4 is 0 Å². The van der Waals surface area contributed by atoms with Gasteiger partial charge in [-0.15, -0.1) is 0 Å². The van der Waals surface area contributed by atoms with Gasteiger partial charge in [-0.05, 0) is 17.5 Å². The number of fused-ring (bicyclic) bond motifs is 1. The summed E-state index contributed by atoms with van der Waals surface area (Å²) >= 11 is 0. The minimum Gasteiger partial charge on any atom is -0.352 e. The molecule has 2 aromatic rings. The number of hydrogen-bond acceptors (Lipinski definition) is 0. The number of nitrogens with zero attached hydrogens (tertiary/aromatic N) is 1. The van der Waals surface area contributed by atoms with Crippen LogP contribution in [0, 0.1) is 0 Å². The van der Waals surface area contributed by atoms with Crippen molar-refractivity contribution in [1.29, 1.82) is 0 Å². The van der Waals surface area contributed by atoms with Crippen molar-refractivity contribution >= 4 is 26.4 Å². The van der Waals surface area contributed by atoms with Crippen LogP contribution >= 0.6 is 0 Å². The van der Waals surface area contributed by atoms with Gasteiger partial charge in [0.05, 0.1) is 0 Å². The maximum atomic E-state index is 3.87. The monoisotopic (exact) mass is 158 g/mol. The van der Waals surface area contributed by atoms with E-state index in [2.05, 4.69) is 46.9 Å². The van der Waals surface area contributed by atoms with Gasteiger partial charge in [-0.1, -0.05) is 24.4 Å². The van der Waals surface area contributed by atoms with Crippen molar-refractivity contribution in [3.8, 4) is 0 Å². The van der Waals surface area contributed by atoms with Crippen molar-refractivity contribution < 1.29 is 0 Å². The van der Waals surface area contributed by atoms with Crippen LogP contribution in [-0.4, -0.2) is 19.7 Å². The van der Waals surface area contributed by atoms with Gasteiger partial charge in [0.2, 0.25) is 0 Å². The first kappa shape index (κ1) is 6.55. The van der Waals surface area contributed by atoms with E-state index >= 15 is 0 Å². The molecule has 0 saturated heterocycles. The Balaban J connectivity index is 2.86. The molecule has 1 heterocycles. The Hall–Kier alpha value is -1.15. The van der Waals surface area contributed by atoms with Gasteiger partial charge in [-0.3, -0.25) is 0 Å². The van der Waals surface area contributed by atoms with Crippen LogP contribution in [-0.2, 0) is 0 Å². The number of benzene rings is 1. The first-order valence-corrected chi connectivity index (χ1v) is 4.66. The van der Waals surface area contributed by atoms with E-state index in [1.807, 2.05) is 0 Å². The Morgan fingerprint density at radius 3 is 2.82 bits per heavy atom. The third-order valence-electron chi connectivity index (χ3n) is 1.77. The highest BCUT2D eigenvalue weighted by Crippen LogP contribution is 2.12. The van der Waals surface area contributed by atoms with Crippen molar-refractivity contribution in [3.05, 3.63) is 36.5 Å². The van der Waals surface area contributed by atoms with E-state index in [9.17, 15) is 0 Å². The van der Waals surface area contributed by atoms with Crippen LogP contribution in [0.15, 0.2) is 36.5 Å². The lowest BCUT2D eigenvalue weighted by molar-refractivity contribution is 1.32. The van der Waals surface area contributed by atoms with Crippen LogP contribution in [0.3, 0.4) is 0 Å². The fraction of sp³-hybridized carbons (Fsp3) is 0. The largest absolute Gasteiger partial charge is 0.352 e. The minimum absolute atomic E-state index is 0.575. The van der Waals surface area contributed by atoms with Crippen LogP contribution in [0.4, 0.5) is 0 Å². The molecule has 2 heteroatoms. The number of hydrogen-bond donors (Lipinski definition) is 0. The molecule has 0 atom stereocenters. The molecule has 0 bridgehead atoms. The SMILES string of the molecule is C=[Si]n1ccc2ccccc21. The molecule has 53 valence electrons. The summed E-state index contributed by atoms with van der Waals surface area (Å²) in [5.74, 6) is 0. The standard InChI is InChI=1S/C9H8NSi/c1-11-10-7-6-8-4-2-3-5-9(8)10/h2-7H,1H2. The second kappa shape index (κ2) is 2.47. The predicted molar refractivity (Wildman–Crippen MR) is 50.2 cm³/mol. The molecule has 0 aliphatic rings. The highest BCUT2D eigenvalue weighted by molar-refractivity contribution is 6.40. The molecule has 1 aromatic carbocycles. The second-order valence-electron chi connectivity index (χ2n) is 2.40. The number of para-hydroxylation sites is 1. The van der Waals surface area contributed by atoms with Gasteiger partial charge in [-0.25, -0.2) is 0 Å². The van der Waals surface area contributed by atoms with E-state index in [-0.39, 0.29) is 0 Å². The van der Waals surface area contributed by atoms with E-state index in [4.69, 9.17) is 0 Å². The quantitative estimate of drug-likeness (QED) is 0.555. The van der Waals surface area contributed by atoms with E-state index < -0.39 is 0 Å². The maximum Gasteiger partial charge on any atom is 0.157 e. The summed E-state index contributed by atoms with van der Waals surface area (Å²) in [6.45, 7) is 0. The summed E-state index contributed by atoms with van der Waals surface area (Å²) in [4.78, 5) is 0. The van der Waals surface area contributed by atoms with E-state index in [0.29, 0.717) is 9.29 Å². The summed E-state index contributed by atoms with van der Waals surface area (Å²) in [5.41, 5.74) is 1.28. The summed E-state index contributed by atoms with van der Waals surface area (Å²) in [5, 5.41) is 1.30. The summed E-state index contributed by atoms with van der Waals surface area (Å²) in [6.07, 6.45) is 5.95. The summed E-state index contributed by atoms with van der Waals surface area (Å²) in [6, 6.07) is 10.5. The molecule has 0 saturated carbocycles. The van der Waals surface area contributed by atoms with Crippen LogP contribution in [0.25, 0.3) is 10.9 Å². The van der Waals surface area contributed by atoms with Crippen LogP contribution in [0.2, 0.25) is 0 Å². The number of aromatic nitrogens is 1. The number of rotatable bonds is 1. The zero-order valence-electron chi connectivity index (χ0n) is 6.12. The predicted octanol–water partition coefficient (Wildman–Crippen LogP) is 1.54. The lowest BCUT2D eigenvalue weighted by atomic mass is 10.3. The Morgan fingerprint density at radius 2 is 2.00 bits per heavy atom. The van der Waals surface area contributed by atoms with Crippen LogP contribution in [0.5, 0.6) is 0 Å². The zero-order chi connectivity index (χ0) is 7.68. The van der Waals surface area contributed by atoms with Crippen LogP contribution in [0.1, 0.15) is 0 Å². The minimum atomic E-state index is 0.575. The molecule has 1 aromatic heterocycles. The van der Waals surface area contributed by atoms with E-state index in [0.717, 1.165) is 0 Å². The van der Waals surface area contributed by atoms with Crippen molar-refractivity contribution in [2.75, 3.05) is 0 Å². The van der Waals surface area contributed by atoms with Gasteiger partial charge < -0.3 is 4.23 Å². The third kappa shape index (κ3) is 0.954. The molecule has 0 unspecified atom stereocenters. The van der Waals surface area contributed by atoms with E-state index in [1.165, 1.54) is 10.9 Å². The van der Waals surface area contributed by atoms with Gasteiger partial charge in [0, 0.05) is 11.7 Å². The Labute approximate surface area is 67.8 Å². The molecule has 0 amide bonds. The first-order chi connectivity index (χ1) is 5.42. The van der Waals surface area contributed by atoms with Gasteiger partial charge in [0.15, 0.2) is 9.29 Å². The fourth-order valence-corrected chi connectivity index (χ4v) is 1.77. The average Bonchev–Trinajstić information content (AvgIpc) is 2.47. The molecule has 0 spiro atoms. The average molecular weight is 158 g/mol. The zero-order valence-corrected chi connectivity index (χ0v) is 7.12. The fourth-order valence-electron chi connectivity index (χ4n) is 1.22. The molecular formula is C9H8NSi. The van der Waals surface area contributed by atoms with Gasteiger partial charge in [0.25, 0.3) is 0 Å². The smallest absolute Gasteiger partial charge is 0.157 e. The van der Waals surface area contributed by atoms with Gasteiger partial charge in [-0.2, -0.15) is 0 Å². The van der Waals surface area contributed by atoms with Crippen molar-refractivity contribution in [1.82, 2.24) is 4.23 Å². The molecule has 0 aliphatic heterocycles. The molecule has 0 N–H and O–H groups in total. The van der Waals surface area contributed by atoms with Crippen molar-refractivity contribution in [3.63, 3.8) is 0 Å². The lowest BCUT2D eigenvalue weighted by Gasteiger charge is -1.93. The van der Waals surface area contributed by atoms with Crippen molar-refractivity contribution in [2.24, 2.45) is 0 Å². The van der Waals surface area contributed by atoms with Gasteiger partial charge >= 0.3 is 0 Å². The summed E-state index contributed by atoms with van der Waals surface area (Å²) < 4.78 is 2.16. The molecule has 0 aliphatic carbocycles. The molecule has 11 heavy (non-hydrogen) atoms. The Morgan fingerprint density at radius 1 is 1.18 bits per heavy atom. The lowest BCUT2D eigenvalue weighted by Crippen LogP contribution is -1.92. The summed E-state index contributed by atoms with van der Waals surface area (Å²) in [7, 11) is 0.575.